The Morgan fingerprint density at radius 3 is 1.15 bits per heavy atom. The molecule has 0 fully saturated rings. The molecular weight excluding hydrogens is 320 g/mol. The van der Waals surface area contributed by atoms with Gasteiger partial charge in [-0.1, -0.05) is 24.3 Å². The number of rotatable bonds is 5. The quantitative estimate of drug-likeness (QED) is 0.539. The molecule has 0 N–H and O–H groups in total. The smallest absolute Gasteiger partial charge is 0.0858 e. The summed E-state index contributed by atoms with van der Waals surface area (Å²) in [6, 6.07) is 24.7. The first kappa shape index (κ1) is 17.7. The van der Waals surface area contributed by atoms with E-state index in [1.165, 1.54) is 16.8 Å². The van der Waals surface area contributed by atoms with Crippen LogP contribution in [0.1, 0.15) is 0 Å². The van der Waals surface area contributed by atoms with Crippen LogP contribution in [0.3, 0.4) is 0 Å². The van der Waals surface area contributed by atoms with E-state index >= 15 is 0 Å². The Bertz CT molecular complexity index is 862. The van der Waals surface area contributed by atoms with E-state index in [-0.39, 0.29) is 0 Å². The van der Waals surface area contributed by atoms with Crippen molar-refractivity contribution in [1.82, 2.24) is 0 Å². The van der Waals surface area contributed by atoms with Gasteiger partial charge in [0, 0.05) is 39.6 Å². The number of anilines is 2. The number of benzene rings is 3. The minimum absolute atomic E-state index is 0.843. The summed E-state index contributed by atoms with van der Waals surface area (Å²) in [5, 5.41) is 8.64. The van der Waals surface area contributed by atoms with Gasteiger partial charge in [-0.2, -0.15) is 10.2 Å². The molecule has 0 unspecified atom stereocenters. The highest BCUT2D eigenvalue weighted by molar-refractivity contribution is 5.67. The summed E-state index contributed by atoms with van der Waals surface area (Å²) in [7, 11) is 8.13. The molecule has 3 aromatic rings. The zero-order valence-corrected chi connectivity index (χ0v) is 15.7. The van der Waals surface area contributed by atoms with Crippen molar-refractivity contribution in [1.29, 1.82) is 0 Å². The summed E-state index contributed by atoms with van der Waals surface area (Å²) in [6.07, 6.45) is 0. The van der Waals surface area contributed by atoms with E-state index in [9.17, 15) is 0 Å². The highest BCUT2D eigenvalue weighted by Crippen LogP contribution is 2.26. The Kier molecular flexibility index (Phi) is 5.32. The highest BCUT2D eigenvalue weighted by Gasteiger charge is 2.00. The lowest BCUT2D eigenvalue weighted by molar-refractivity contribution is 1.13. The molecule has 3 rings (SSSR count). The Labute approximate surface area is 155 Å². The van der Waals surface area contributed by atoms with Gasteiger partial charge in [-0.05, 0) is 59.7 Å². The fourth-order valence-electron chi connectivity index (χ4n) is 2.61. The van der Waals surface area contributed by atoms with Gasteiger partial charge >= 0.3 is 0 Å². The molecular formula is C22H24N4. The molecule has 0 spiro atoms. The molecule has 0 saturated heterocycles. The lowest BCUT2D eigenvalue weighted by atomic mass is 10.1. The molecule has 4 heteroatoms. The summed E-state index contributed by atoms with van der Waals surface area (Å²) in [5.74, 6) is 0. The van der Waals surface area contributed by atoms with Crippen LogP contribution in [0.5, 0.6) is 0 Å². The fourth-order valence-corrected chi connectivity index (χ4v) is 2.61. The zero-order chi connectivity index (χ0) is 18.5. The van der Waals surface area contributed by atoms with E-state index in [1.54, 1.807) is 0 Å². The second-order valence-electron chi connectivity index (χ2n) is 6.60. The van der Waals surface area contributed by atoms with Crippen molar-refractivity contribution in [2.24, 2.45) is 10.2 Å². The van der Waals surface area contributed by atoms with E-state index in [2.05, 4.69) is 56.4 Å². The molecule has 0 aromatic heterocycles. The van der Waals surface area contributed by atoms with E-state index < -0.39 is 0 Å². The van der Waals surface area contributed by atoms with Crippen molar-refractivity contribution in [3.63, 3.8) is 0 Å². The molecule has 0 aliphatic rings. The number of azo groups is 1. The van der Waals surface area contributed by atoms with E-state index in [4.69, 9.17) is 0 Å². The maximum Gasteiger partial charge on any atom is 0.0858 e. The van der Waals surface area contributed by atoms with Crippen molar-refractivity contribution < 1.29 is 0 Å². The molecule has 0 saturated carbocycles. The Balaban J connectivity index is 1.71. The summed E-state index contributed by atoms with van der Waals surface area (Å²) in [6.45, 7) is 0. The minimum Gasteiger partial charge on any atom is -0.378 e. The maximum absolute atomic E-state index is 4.33. The van der Waals surface area contributed by atoms with Crippen LogP contribution in [-0.2, 0) is 0 Å². The molecule has 0 aliphatic carbocycles. The first-order chi connectivity index (χ1) is 12.5. The molecule has 26 heavy (non-hydrogen) atoms. The van der Waals surface area contributed by atoms with Crippen LogP contribution in [-0.4, -0.2) is 28.2 Å². The monoisotopic (exact) mass is 344 g/mol. The van der Waals surface area contributed by atoms with E-state index in [0.717, 1.165) is 17.1 Å². The maximum atomic E-state index is 4.33. The van der Waals surface area contributed by atoms with E-state index in [0.29, 0.717) is 0 Å². The van der Waals surface area contributed by atoms with Gasteiger partial charge in [0.05, 0.1) is 11.4 Å². The molecule has 0 aliphatic heterocycles. The lowest BCUT2D eigenvalue weighted by Crippen LogP contribution is -2.07. The number of nitrogens with zero attached hydrogens (tertiary/aromatic N) is 4. The average Bonchev–Trinajstić information content (AvgIpc) is 2.67. The largest absolute Gasteiger partial charge is 0.378 e. The van der Waals surface area contributed by atoms with Crippen LogP contribution in [0, 0.1) is 0 Å². The topological polar surface area (TPSA) is 31.2 Å². The van der Waals surface area contributed by atoms with Crippen molar-refractivity contribution in [2.75, 3.05) is 38.0 Å². The van der Waals surface area contributed by atoms with Crippen LogP contribution >= 0.6 is 0 Å². The third kappa shape index (κ3) is 4.28. The predicted octanol–water partition coefficient (Wildman–Crippen LogP) is 5.90. The molecule has 0 heterocycles. The standard InChI is InChI=1S/C22H24N4/c1-25(2)21-13-7-18(8-14-21)17-5-9-19(10-6-17)23-24-20-11-15-22(16-12-20)26(3)4/h5-16H,1-4H3. The predicted molar refractivity (Wildman–Crippen MR) is 111 cm³/mol. The molecule has 3 aromatic carbocycles. The molecule has 0 radical (unpaired) electrons. The van der Waals surface area contributed by atoms with Gasteiger partial charge in [0.15, 0.2) is 0 Å². The van der Waals surface area contributed by atoms with Gasteiger partial charge in [-0.3, -0.25) is 0 Å². The second kappa shape index (κ2) is 7.83. The van der Waals surface area contributed by atoms with Gasteiger partial charge in [0.25, 0.3) is 0 Å². The highest BCUT2D eigenvalue weighted by atomic mass is 15.1. The Hall–Kier alpha value is -3.14. The third-order valence-corrected chi connectivity index (χ3v) is 4.23. The van der Waals surface area contributed by atoms with Gasteiger partial charge in [-0.25, -0.2) is 0 Å². The fraction of sp³-hybridized carbons (Fsp3) is 0.182. The van der Waals surface area contributed by atoms with Crippen molar-refractivity contribution in [2.45, 2.75) is 0 Å². The number of hydrogen-bond acceptors (Lipinski definition) is 4. The van der Waals surface area contributed by atoms with Crippen molar-refractivity contribution in [3.05, 3.63) is 72.8 Å². The zero-order valence-electron chi connectivity index (χ0n) is 15.7. The van der Waals surface area contributed by atoms with Gasteiger partial charge in [0.2, 0.25) is 0 Å². The van der Waals surface area contributed by atoms with E-state index in [1.807, 2.05) is 64.6 Å². The third-order valence-electron chi connectivity index (χ3n) is 4.23. The van der Waals surface area contributed by atoms with Gasteiger partial charge in [0.1, 0.15) is 0 Å². The van der Waals surface area contributed by atoms with Crippen LogP contribution in [0.15, 0.2) is 83.0 Å². The number of hydrogen-bond donors (Lipinski definition) is 0. The summed E-state index contributed by atoms with van der Waals surface area (Å²) in [4.78, 5) is 4.16. The first-order valence-electron chi connectivity index (χ1n) is 8.60. The molecule has 0 amide bonds. The molecule has 4 nitrogen and oxygen atoms in total. The lowest BCUT2D eigenvalue weighted by Gasteiger charge is -2.12. The SMILES string of the molecule is CN(C)c1ccc(N=Nc2ccc(-c3ccc(N(C)C)cc3)cc2)cc1. The molecule has 0 bridgehead atoms. The summed E-state index contributed by atoms with van der Waals surface area (Å²) >= 11 is 0. The summed E-state index contributed by atoms with van der Waals surface area (Å²) in [5.41, 5.74) is 6.39. The second-order valence-corrected chi connectivity index (χ2v) is 6.60. The average molecular weight is 344 g/mol. The van der Waals surface area contributed by atoms with Crippen LogP contribution in [0.25, 0.3) is 11.1 Å². The molecule has 0 atom stereocenters. The normalized spacial score (nSPS) is 10.9. The van der Waals surface area contributed by atoms with Gasteiger partial charge in [-0.15, -0.1) is 0 Å². The first-order valence-corrected chi connectivity index (χ1v) is 8.60. The van der Waals surface area contributed by atoms with Crippen LogP contribution in [0.4, 0.5) is 22.7 Å². The van der Waals surface area contributed by atoms with Crippen molar-refractivity contribution in [3.8, 4) is 11.1 Å². The van der Waals surface area contributed by atoms with Crippen LogP contribution < -0.4 is 9.80 Å². The van der Waals surface area contributed by atoms with Gasteiger partial charge < -0.3 is 9.80 Å². The van der Waals surface area contributed by atoms with Crippen LogP contribution in [0.2, 0.25) is 0 Å². The Morgan fingerprint density at radius 1 is 0.462 bits per heavy atom. The summed E-state index contributed by atoms with van der Waals surface area (Å²) < 4.78 is 0. The Morgan fingerprint density at radius 2 is 0.769 bits per heavy atom. The molecule has 132 valence electrons. The van der Waals surface area contributed by atoms with Crippen molar-refractivity contribution >= 4 is 22.7 Å². The minimum atomic E-state index is 0.843.